The molecule has 3 nitrogen and oxygen atoms in total. The van der Waals surface area contributed by atoms with Crippen molar-refractivity contribution >= 4 is 22.4 Å². The lowest BCUT2D eigenvalue weighted by molar-refractivity contribution is 0.640. The van der Waals surface area contributed by atoms with Gasteiger partial charge in [0.2, 0.25) is 0 Å². The van der Waals surface area contributed by atoms with Crippen LogP contribution >= 0.6 is 11.3 Å². The number of thiophene rings is 1. The average Bonchev–Trinajstić information content (AvgIpc) is 3.04. The maximum atomic E-state index is 5.64. The minimum Gasteiger partial charge on any atom is -0.330 e. The zero-order valence-corrected chi connectivity index (χ0v) is 11.6. The molecule has 3 rings (SSSR count). The molecule has 0 unspecified atom stereocenters. The Bertz CT molecular complexity index is 655. The summed E-state index contributed by atoms with van der Waals surface area (Å²) < 4.78 is 2.31. The van der Waals surface area contributed by atoms with Gasteiger partial charge >= 0.3 is 0 Å². The summed E-state index contributed by atoms with van der Waals surface area (Å²) in [7, 11) is 0. The van der Waals surface area contributed by atoms with Gasteiger partial charge in [-0.3, -0.25) is 0 Å². The van der Waals surface area contributed by atoms with Gasteiger partial charge in [-0.05, 0) is 36.5 Å². The van der Waals surface area contributed by atoms with Gasteiger partial charge in [-0.15, -0.1) is 11.3 Å². The predicted octanol–water partition coefficient (Wildman–Crippen LogP) is 3.04. The molecule has 0 aliphatic heterocycles. The number of aryl methyl sites for hydroxylation is 1. The molecule has 4 heteroatoms. The van der Waals surface area contributed by atoms with Gasteiger partial charge < -0.3 is 10.3 Å². The summed E-state index contributed by atoms with van der Waals surface area (Å²) in [5, 5.41) is 2.11. The van der Waals surface area contributed by atoms with Crippen LogP contribution in [-0.4, -0.2) is 16.1 Å². The Hall–Kier alpha value is -1.65. The first-order chi connectivity index (χ1) is 9.38. The third-order valence-corrected chi connectivity index (χ3v) is 4.11. The Morgan fingerprint density at radius 1 is 1.16 bits per heavy atom. The van der Waals surface area contributed by atoms with Crippen LogP contribution in [0.2, 0.25) is 0 Å². The van der Waals surface area contributed by atoms with Crippen LogP contribution in [0.25, 0.3) is 11.0 Å². The van der Waals surface area contributed by atoms with E-state index < -0.39 is 0 Å². The van der Waals surface area contributed by atoms with E-state index in [0.717, 1.165) is 30.7 Å². The Morgan fingerprint density at radius 3 is 2.84 bits per heavy atom. The van der Waals surface area contributed by atoms with Crippen molar-refractivity contribution < 1.29 is 0 Å². The van der Waals surface area contributed by atoms with Crippen molar-refractivity contribution in [2.75, 3.05) is 6.54 Å². The number of aromatic nitrogens is 2. The van der Waals surface area contributed by atoms with E-state index in [-0.39, 0.29) is 0 Å². The molecular formula is C15H17N3S. The zero-order valence-electron chi connectivity index (χ0n) is 10.7. The van der Waals surface area contributed by atoms with Gasteiger partial charge in [0.15, 0.2) is 0 Å². The van der Waals surface area contributed by atoms with Crippen molar-refractivity contribution in [3.8, 4) is 0 Å². The first-order valence-corrected chi connectivity index (χ1v) is 7.43. The van der Waals surface area contributed by atoms with Crippen molar-refractivity contribution in [1.29, 1.82) is 0 Å². The third kappa shape index (κ3) is 2.55. The molecule has 0 radical (unpaired) electrons. The highest BCUT2D eigenvalue weighted by Gasteiger charge is 2.10. The molecule has 0 aliphatic rings. The molecule has 0 saturated heterocycles. The molecule has 0 bridgehead atoms. The van der Waals surface area contributed by atoms with E-state index in [0.29, 0.717) is 6.54 Å². The van der Waals surface area contributed by atoms with E-state index in [1.165, 1.54) is 10.4 Å². The van der Waals surface area contributed by atoms with E-state index in [1.54, 1.807) is 11.3 Å². The molecule has 0 saturated carbocycles. The number of para-hydroxylation sites is 2. The van der Waals surface area contributed by atoms with Crippen LogP contribution in [0, 0.1) is 0 Å². The molecule has 0 fully saturated rings. The second-order valence-electron chi connectivity index (χ2n) is 4.57. The Kier molecular flexibility index (Phi) is 3.62. The maximum Gasteiger partial charge on any atom is 0.115 e. The van der Waals surface area contributed by atoms with E-state index in [2.05, 4.69) is 40.3 Å². The molecule has 2 heterocycles. The lowest BCUT2D eigenvalue weighted by Crippen LogP contribution is -2.09. The summed E-state index contributed by atoms with van der Waals surface area (Å²) in [6.45, 7) is 1.66. The van der Waals surface area contributed by atoms with E-state index in [4.69, 9.17) is 10.7 Å². The molecule has 2 aromatic heterocycles. The molecule has 1 aromatic carbocycles. The van der Waals surface area contributed by atoms with E-state index in [1.807, 2.05) is 6.07 Å². The normalized spacial score (nSPS) is 11.2. The zero-order chi connectivity index (χ0) is 13.1. The fraction of sp³-hybridized carbons (Fsp3) is 0.267. The van der Waals surface area contributed by atoms with Gasteiger partial charge in [0.1, 0.15) is 5.82 Å². The number of benzene rings is 1. The lowest BCUT2D eigenvalue weighted by atomic mass is 10.3. The van der Waals surface area contributed by atoms with Crippen LogP contribution < -0.4 is 5.73 Å². The molecule has 0 spiro atoms. The van der Waals surface area contributed by atoms with Crippen LogP contribution in [0.15, 0.2) is 41.8 Å². The van der Waals surface area contributed by atoms with E-state index in [9.17, 15) is 0 Å². The van der Waals surface area contributed by atoms with Crippen molar-refractivity contribution in [3.63, 3.8) is 0 Å². The van der Waals surface area contributed by atoms with Gasteiger partial charge in [0.05, 0.1) is 11.0 Å². The minimum atomic E-state index is 0.713. The average molecular weight is 271 g/mol. The van der Waals surface area contributed by atoms with Gasteiger partial charge in [-0.25, -0.2) is 4.98 Å². The number of hydrogen-bond donors (Lipinski definition) is 1. The molecular weight excluding hydrogens is 254 g/mol. The summed E-state index contributed by atoms with van der Waals surface area (Å²) in [6, 6.07) is 12.6. The summed E-state index contributed by atoms with van der Waals surface area (Å²) in [5.41, 5.74) is 7.93. The summed E-state index contributed by atoms with van der Waals surface area (Å²) >= 11 is 1.78. The summed E-state index contributed by atoms with van der Waals surface area (Å²) in [5.74, 6) is 1.14. The maximum absolute atomic E-state index is 5.64. The van der Waals surface area contributed by atoms with Crippen LogP contribution in [0.1, 0.15) is 17.1 Å². The Morgan fingerprint density at radius 2 is 2.05 bits per heavy atom. The molecule has 3 aromatic rings. The van der Waals surface area contributed by atoms with E-state index >= 15 is 0 Å². The monoisotopic (exact) mass is 271 g/mol. The lowest BCUT2D eigenvalue weighted by Gasteiger charge is -2.07. The fourth-order valence-electron chi connectivity index (χ4n) is 2.33. The van der Waals surface area contributed by atoms with Crippen molar-refractivity contribution in [2.24, 2.45) is 5.73 Å². The minimum absolute atomic E-state index is 0.713. The predicted molar refractivity (Wildman–Crippen MR) is 80.5 cm³/mol. The molecule has 98 valence electrons. The number of imidazole rings is 1. The SMILES string of the molecule is NCCCn1c(Cc2cccs2)nc2ccccc21. The number of fused-ring (bicyclic) bond motifs is 1. The van der Waals surface area contributed by atoms with Crippen molar-refractivity contribution in [2.45, 2.75) is 19.4 Å². The van der Waals surface area contributed by atoms with Crippen molar-refractivity contribution in [3.05, 3.63) is 52.5 Å². The van der Waals surface area contributed by atoms with Gasteiger partial charge in [0.25, 0.3) is 0 Å². The molecule has 0 amide bonds. The summed E-state index contributed by atoms with van der Waals surface area (Å²) in [4.78, 5) is 6.12. The van der Waals surface area contributed by atoms with Crippen LogP contribution in [0.5, 0.6) is 0 Å². The Labute approximate surface area is 116 Å². The van der Waals surface area contributed by atoms with Gasteiger partial charge in [-0.1, -0.05) is 18.2 Å². The third-order valence-electron chi connectivity index (χ3n) is 3.23. The highest BCUT2D eigenvalue weighted by atomic mass is 32.1. The molecule has 0 aliphatic carbocycles. The standard InChI is InChI=1S/C15H17N3S/c16-8-4-9-18-14-7-2-1-6-13(14)17-15(18)11-12-5-3-10-19-12/h1-3,5-7,10H,4,8-9,11,16H2. The number of rotatable bonds is 5. The first kappa shape index (κ1) is 12.4. The highest BCUT2D eigenvalue weighted by Crippen LogP contribution is 2.20. The number of nitrogens with zero attached hydrogens (tertiary/aromatic N) is 2. The first-order valence-electron chi connectivity index (χ1n) is 6.55. The Balaban J connectivity index is 2.01. The van der Waals surface area contributed by atoms with Gasteiger partial charge in [0, 0.05) is 17.8 Å². The quantitative estimate of drug-likeness (QED) is 0.775. The second-order valence-corrected chi connectivity index (χ2v) is 5.60. The molecule has 2 N–H and O–H groups in total. The molecule has 19 heavy (non-hydrogen) atoms. The second kappa shape index (κ2) is 5.55. The number of hydrogen-bond acceptors (Lipinski definition) is 3. The summed E-state index contributed by atoms with van der Waals surface area (Å²) in [6.07, 6.45) is 1.88. The van der Waals surface area contributed by atoms with Crippen LogP contribution in [0.4, 0.5) is 0 Å². The highest BCUT2D eigenvalue weighted by molar-refractivity contribution is 7.09. The molecule has 0 atom stereocenters. The van der Waals surface area contributed by atoms with Crippen LogP contribution in [-0.2, 0) is 13.0 Å². The van der Waals surface area contributed by atoms with Gasteiger partial charge in [-0.2, -0.15) is 0 Å². The smallest absolute Gasteiger partial charge is 0.115 e. The van der Waals surface area contributed by atoms with Crippen molar-refractivity contribution in [1.82, 2.24) is 9.55 Å². The number of nitrogens with two attached hydrogens (primary N) is 1. The fourth-order valence-corrected chi connectivity index (χ4v) is 3.03. The van der Waals surface area contributed by atoms with Crippen LogP contribution in [0.3, 0.4) is 0 Å². The topological polar surface area (TPSA) is 43.8 Å². The largest absolute Gasteiger partial charge is 0.330 e.